The van der Waals surface area contributed by atoms with Gasteiger partial charge in [-0.05, 0) is 24.5 Å². The summed E-state index contributed by atoms with van der Waals surface area (Å²) in [6.45, 7) is 2.41. The van der Waals surface area contributed by atoms with Crippen LogP contribution in [0.15, 0.2) is 29.9 Å². The molecule has 0 unspecified atom stereocenters. The lowest BCUT2D eigenvalue weighted by Gasteiger charge is -2.20. The average molecular weight is 289 g/mol. The Morgan fingerprint density at radius 3 is 2.95 bits per heavy atom. The molecular formula is C15H19N3OS. The summed E-state index contributed by atoms with van der Waals surface area (Å²) in [6.07, 6.45) is 6.25. The Morgan fingerprint density at radius 1 is 1.35 bits per heavy atom. The van der Waals surface area contributed by atoms with E-state index in [0.717, 1.165) is 24.7 Å². The number of nitrogens with zero attached hydrogens (tertiary/aromatic N) is 3. The highest BCUT2D eigenvalue weighted by atomic mass is 32.1. The highest BCUT2D eigenvalue weighted by molar-refractivity contribution is 7.09. The summed E-state index contributed by atoms with van der Waals surface area (Å²) in [5.41, 5.74) is 2.29. The average Bonchev–Trinajstić information content (AvgIpc) is 3.21. The monoisotopic (exact) mass is 289 g/mol. The maximum atomic E-state index is 9.22. The smallest absolute Gasteiger partial charge is 0.0959 e. The van der Waals surface area contributed by atoms with Crippen LogP contribution in [0.2, 0.25) is 0 Å². The van der Waals surface area contributed by atoms with Crippen LogP contribution in [0.25, 0.3) is 0 Å². The second-order valence-electron chi connectivity index (χ2n) is 5.25. The molecule has 1 N–H and O–H groups in total. The number of pyridine rings is 1. The fraction of sp³-hybridized carbons (Fsp3) is 0.467. The van der Waals surface area contributed by atoms with E-state index in [0.29, 0.717) is 6.54 Å². The number of hydrogen-bond donors (Lipinski definition) is 1. The molecule has 0 aliphatic heterocycles. The molecule has 0 spiro atoms. The van der Waals surface area contributed by atoms with Gasteiger partial charge >= 0.3 is 0 Å². The van der Waals surface area contributed by atoms with Crippen LogP contribution in [-0.4, -0.2) is 33.1 Å². The topological polar surface area (TPSA) is 49.2 Å². The number of rotatable bonds is 7. The van der Waals surface area contributed by atoms with Crippen molar-refractivity contribution in [2.45, 2.75) is 31.8 Å². The van der Waals surface area contributed by atoms with E-state index in [1.165, 1.54) is 23.4 Å². The molecule has 1 aliphatic rings. The van der Waals surface area contributed by atoms with Crippen LogP contribution in [-0.2, 0) is 13.1 Å². The van der Waals surface area contributed by atoms with Crippen molar-refractivity contribution in [3.8, 4) is 0 Å². The molecule has 0 saturated heterocycles. The summed E-state index contributed by atoms with van der Waals surface area (Å²) in [6, 6.07) is 4.01. The highest BCUT2D eigenvalue weighted by Crippen LogP contribution is 2.41. The predicted octanol–water partition coefficient (Wildman–Crippen LogP) is 2.41. The van der Waals surface area contributed by atoms with Gasteiger partial charge in [-0.25, -0.2) is 4.98 Å². The van der Waals surface area contributed by atoms with Crippen LogP contribution in [0.1, 0.15) is 35.0 Å². The molecule has 2 aromatic rings. The van der Waals surface area contributed by atoms with Crippen molar-refractivity contribution in [2.24, 2.45) is 0 Å². The minimum Gasteiger partial charge on any atom is -0.395 e. The highest BCUT2D eigenvalue weighted by Gasteiger charge is 2.26. The summed E-state index contributed by atoms with van der Waals surface area (Å²) < 4.78 is 0. The third-order valence-corrected chi connectivity index (χ3v) is 4.48. The second kappa shape index (κ2) is 6.43. The lowest BCUT2D eigenvalue weighted by Crippen LogP contribution is -2.26. The fourth-order valence-electron chi connectivity index (χ4n) is 2.25. The van der Waals surface area contributed by atoms with E-state index >= 15 is 0 Å². The van der Waals surface area contributed by atoms with Gasteiger partial charge in [0.1, 0.15) is 0 Å². The number of aliphatic hydroxyl groups excluding tert-OH is 1. The molecule has 106 valence electrons. The summed E-state index contributed by atoms with van der Waals surface area (Å²) in [4.78, 5) is 11.1. The Balaban J connectivity index is 1.63. The van der Waals surface area contributed by atoms with E-state index in [9.17, 15) is 5.11 Å². The number of thiazole rings is 1. The van der Waals surface area contributed by atoms with Crippen LogP contribution in [0.3, 0.4) is 0 Å². The first-order valence-electron chi connectivity index (χ1n) is 7.01. The van der Waals surface area contributed by atoms with Gasteiger partial charge in [0.2, 0.25) is 0 Å². The van der Waals surface area contributed by atoms with E-state index in [4.69, 9.17) is 4.98 Å². The quantitative estimate of drug-likeness (QED) is 0.850. The molecule has 0 atom stereocenters. The minimum atomic E-state index is 0.167. The Labute approximate surface area is 123 Å². The zero-order chi connectivity index (χ0) is 13.8. The standard InChI is InChI=1S/C15H19N3OS/c19-7-6-18(9-12-2-1-5-16-8-12)10-14-11-20-15(17-14)13-3-4-13/h1-2,5,8,11,13,19H,3-4,6-7,9-10H2. The Bertz CT molecular complexity index is 539. The molecule has 1 saturated carbocycles. The lowest BCUT2D eigenvalue weighted by atomic mass is 10.2. The van der Waals surface area contributed by atoms with Crippen molar-refractivity contribution in [3.05, 3.63) is 46.2 Å². The van der Waals surface area contributed by atoms with Gasteiger partial charge in [0.15, 0.2) is 0 Å². The molecule has 0 amide bonds. The van der Waals surface area contributed by atoms with Gasteiger partial charge in [-0.15, -0.1) is 11.3 Å². The molecule has 1 aliphatic carbocycles. The van der Waals surface area contributed by atoms with Crippen molar-refractivity contribution >= 4 is 11.3 Å². The number of aliphatic hydroxyl groups is 1. The minimum absolute atomic E-state index is 0.167. The molecule has 1 fully saturated rings. The number of hydrogen-bond acceptors (Lipinski definition) is 5. The maximum Gasteiger partial charge on any atom is 0.0959 e. The van der Waals surface area contributed by atoms with Crippen molar-refractivity contribution < 1.29 is 5.11 Å². The summed E-state index contributed by atoms with van der Waals surface area (Å²) >= 11 is 1.77. The van der Waals surface area contributed by atoms with Crippen LogP contribution < -0.4 is 0 Å². The molecule has 0 bridgehead atoms. The fourth-order valence-corrected chi connectivity index (χ4v) is 3.23. The Hall–Kier alpha value is -1.30. The largest absolute Gasteiger partial charge is 0.395 e. The molecule has 4 nitrogen and oxygen atoms in total. The molecule has 3 rings (SSSR count). The predicted molar refractivity (Wildman–Crippen MR) is 79.5 cm³/mol. The molecule has 0 radical (unpaired) electrons. The maximum absolute atomic E-state index is 9.22. The van der Waals surface area contributed by atoms with Crippen LogP contribution in [0.5, 0.6) is 0 Å². The second-order valence-corrected chi connectivity index (χ2v) is 6.14. The van der Waals surface area contributed by atoms with Crippen LogP contribution in [0.4, 0.5) is 0 Å². The third-order valence-electron chi connectivity index (χ3n) is 3.43. The lowest BCUT2D eigenvalue weighted by molar-refractivity contribution is 0.183. The molecule has 0 aromatic carbocycles. The SMILES string of the molecule is OCCN(Cc1cccnc1)Cc1csc(C2CC2)n1. The van der Waals surface area contributed by atoms with Crippen molar-refractivity contribution in [3.63, 3.8) is 0 Å². The summed E-state index contributed by atoms with van der Waals surface area (Å²) in [7, 11) is 0. The normalized spacial score (nSPS) is 14.9. The molecule has 2 aromatic heterocycles. The van der Waals surface area contributed by atoms with Gasteiger partial charge in [0, 0.05) is 43.3 Å². The van der Waals surface area contributed by atoms with E-state index in [2.05, 4.69) is 21.3 Å². The first-order chi connectivity index (χ1) is 9.85. The Morgan fingerprint density at radius 2 is 2.25 bits per heavy atom. The van der Waals surface area contributed by atoms with E-state index in [1.54, 1.807) is 17.5 Å². The van der Waals surface area contributed by atoms with Gasteiger partial charge in [-0.3, -0.25) is 9.88 Å². The van der Waals surface area contributed by atoms with E-state index in [-0.39, 0.29) is 6.61 Å². The van der Waals surface area contributed by atoms with Crippen LogP contribution in [0, 0.1) is 0 Å². The number of aromatic nitrogens is 2. The zero-order valence-corrected chi connectivity index (χ0v) is 12.2. The molecule has 5 heteroatoms. The van der Waals surface area contributed by atoms with Gasteiger partial charge in [-0.2, -0.15) is 0 Å². The first-order valence-corrected chi connectivity index (χ1v) is 7.89. The van der Waals surface area contributed by atoms with E-state index < -0.39 is 0 Å². The molecule has 2 heterocycles. The third kappa shape index (κ3) is 3.62. The first kappa shape index (κ1) is 13.7. The van der Waals surface area contributed by atoms with Crippen molar-refractivity contribution in [1.82, 2.24) is 14.9 Å². The van der Waals surface area contributed by atoms with Gasteiger partial charge in [0.05, 0.1) is 17.3 Å². The van der Waals surface area contributed by atoms with Gasteiger partial charge in [-0.1, -0.05) is 6.07 Å². The van der Waals surface area contributed by atoms with Crippen molar-refractivity contribution in [1.29, 1.82) is 0 Å². The van der Waals surface area contributed by atoms with Gasteiger partial charge < -0.3 is 5.11 Å². The summed E-state index contributed by atoms with van der Waals surface area (Å²) in [5, 5.41) is 12.7. The molecular weight excluding hydrogens is 270 g/mol. The molecule has 20 heavy (non-hydrogen) atoms. The summed E-state index contributed by atoms with van der Waals surface area (Å²) in [5.74, 6) is 0.721. The zero-order valence-electron chi connectivity index (χ0n) is 11.4. The van der Waals surface area contributed by atoms with Gasteiger partial charge in [0.25, 0.3) is 0 Å². The van der Waals surface area contributed by atoms with Crippen molar-refractivity contribution in [2.75, 3.05) is 13.2 Å². The van der Waals surface area contributed by atoms with E-state index in [1.807, 2.05) is 12.3 Å². The van der Waals surface area contributed by atoms with Crippen LogP contribution >= 0.6 is 11.3 Å². The Kier molecular flexibility index (Phi) is 4.40.